The van der Waals surface area contributed by atoms with Crippen molar-refractivity contribution in [2.75, 3.05) is 4.90 Å². The molecule has 1 aliphatic rings. The molecule has 4 aromatic rings. The number of carbonyl (C=O) groups is 3. The maximum atomic E-state index is 13.5. The monoisotopic (exact) mass is 464 g/mol. The zero-order valence-electron chi connectivity index (χ0n) is 17.0. The van der Waals surface area contributed by atoms with E-state index in [0.29, 0.717) is 26.4 Å². The normalized spacial score (nSPS) is 13.6. The van der Waals surface area contributed by atoms with E-state index in [9.17, 15) is 19.5 Å². The highest BCUT2D eigenvalue weighted by molar-refractivity contribution is 7.10. The lowest BCUT2D eigenvalue weighted by Crippen LogP contribution is -2.43. The number of aromatic nitrogens is 1. The smallest absolute Gasteiger partial charge is 0.354 e. The number of carboxylic acids is 1. The minimum absolute atomic E-state index is 0.0462. The van der Waals surface area contributed by atoms with Gasteiger partial charge >= 0.3 is 5.97 Å². The van der Waals surface area contributed by atoms with Gasteiger partial charge in [0.05, 0.1) is 23.2 Å². The van der Waals surface area contributed by atoms with E-state index in [4.69, 9.17) is 11.6 Å². The summed E-state index contributed by atoms with van der Waals surface area (Å²) in [6.45, 7) is 2.08. The van der Waals surface area contributed by atoms with Gasteiger partial charge in [0.25, 0.3) is 5.91 Å². The van der Waals surface area contributed by atoms with Crippen LogP contribution in [0.3, 0.4) is 0 Å². The minimum atomic E-state index is -1.23. The van der Waals surface area contributed by atoms with Crippen molar-refractivity contribution in [3.63, 3.8) is 0 Å². The molecule has 0 fully saturated rings. The number of carbonyl (C=O) groups excluding carboxylic acids is 2. The molecule has 0 saturated carbocycles. The Bertz CT molecular complexity index is 1420. The molecule has 0 unspecified atom stereocenters. The fourth-order valence-corrected chi connectivity index (χ4v) is 5.45. The van der Waals surface area contributed by atoms with Gasteiger partial charge in [-0.25, -0.2) is 9.69 Å². The molecule has 2 aromatic carbocycles. The van der Waals surface area contributed by atoms with Crippen LogP contribution in [0.2, 0.25) is 5.02 Å². The Hall–Kier alpha value is -3.42. The molecule has 0 bridgehead atoms. The number of aryl methyl sites for hydroxylation is 1. The number of hydrogen-bond acceptors (Lipinski definition) is 4. The van der Waals surface area contributed by atoms with Crippen molar-refractivity contribution in [3.05, 3.63) is 86.2 Å². The molecule has 8 heteroatoms. The van der Waals surface area contributed by atoms with Crippen molar-refractivity contribution in [1.82, 2.24) is 4.57 Å². The van der Waals surface area contributed by atoms with Gasteiger partial charge in [0.1, 0.15) is 0 Å². The topological polar surface area (TPSA) is 79.6 Å². The van der Waals surface area contributed by atoms with E-state index in [-0.39, 0.29) is 24.3 Å². The van der Waals surface area contributed by atoms with Gasteiger partial charge < -0.3 is 9.67 Å². The van der Waals surface area contributed by atoms with Crippen molar-refractivity contribution >= 4 is 57.3 Å². The van der Waals surface area contributed by atoms with Crippen molar-refractivity contribution in [2.45, 2.75) is 19.9 Å². The molecule has 0 saturated heterocycles. The molecular formula is C24H17ClN2O4S. The van der Waals surface area contributed by atoms with Crippen LogP contribution in [0.4, 0.5) is 5.69 Å². The highest BCUT2D eigenvalue weighted by Gasteiger charge is 2.39. The molecule has 2 aromatic heterocycles. The van der Waals surface area contributed by atoms with Crippen LogP contribution in [0.25, 0.3) is 10.9 Å². The van der Waals surface area contributed by atoms with Crippen LogP contribution < -0.4 is 4.90 Å². The van der Waals surface area contributed by atoms with E-state index in [1.54, 1.807) is 22.8 Å². The van der Waals surface area contributed by atoms with Crippen molar-refractivity contribution in [3.8, 4) is 0 Å². The van der Waals surface area contributed by atoms with Crippen LogP contribution in [0.1, 0.15) is 36.9 Å². The molecule has 0 spiro atoms. The number of rotatable bonds is 4. The predicted octanol–water partition coefficient (Wildman–Crippen LogP) is 5.14. The summed E-state index contributed by atoms with van der Waals surface area (Å²) >= 11 is 7.62. The molecule has 160 valence electrons. The largest absolute Gasteiger partial charge is 0.477 e. The molecule has 5 rings (SSSR count). The summed E-state index contributed by atoms with van der Waals surface area (Å²) in [6, 6.07) is 14.4. The van der Waals surface area contributed by atoms with Gasteiger partial charge in [0.2, 0.25) is 5.91 Å². The molecule has 0 aliphatic carbocycles. The zero-order valence-corrected chi connectivity index (χ0v) is 18.5. The van der Waals surface area contributed by atoms with Gasteiger partial charge in [0.15, 0.2) is 5.69 Å². The first kappa shape index (κ1) is 20.5. The average Bonchev–Trinajstić information content (AvgIpc) is 3.27. The number of aromatic carboxylic acids is 1. The summed E-state index contributed by atoms with van der Waals surface area (Å²) in [7, 11) is 0. The van der Waals surface area contributed by atoms with Gasteiger partial charge in [-0.2, -0.15) is 0 Å². The van der Waals surface area contributed by atoms with Crippen LogP contribution in [-0.2, 0) is 17.8 Å². The summed E-state index contributed by atoms with van der Waals surface area (Å²) in [6.07, 6.45) is 0.0462. The molecule has 0 atom stereocenters. The Balaban J connectivity index is 1.80. The third kappa shape index (κ3) is 3.13. The Morgan fingerprint density at radius 3 is 2.62 bits per heavy atom. The third-order valence-corrected chi connectivity index (χ3v) is 6.98. The van der Waals surface area contributed by atoms with E-state index in [1.807, 2.05) is 42.6 Å². The van der Waals surface area contributed by atoms with Gasteiger partial charge in [-0.05, 0) is 41.6 Å². The Morgan fingerprint density at radius 1 is 1.16 bits per heavy atom. The SMILES string of the molecule is Cc1csc2c1C(=O)N(c1c(C(=O)O)n(Cc3ccccc3)c3ccc(Cl)cc13)C(=O)C2. The zero-order chi connectivity index (χ0) is 22.6. The number of nitrogens with zero attached hydrogens (tertiary/aromatic N) is 2. The quantitative estimate of drug-likeness (QED) is 0.424. The fourth-order valence-electron chi connectivity index (χ4n) is 4.27. The minimum Gasteiger partial charge on any atom is -0.477 e. The van der Waals surface area contributed by atoms with Gasteiger partial charge in [-0.1, -0.05) is 41.9 Å². The lowest BCUT2D eigenvalue weighted by molar-refractivity contribution is -0.117. The number of imide groups is 1. The molecule has 0 radical (unpaired) electrons. The molecule has 1 aliphatic heterocycles. The summed E-state index contributed by atoms with van der Waals surface area (Å²) in [4.78, 5) is 40.8. The second-order valence-electron chi connectivity index (χ2n) is 7.66. The highest BCUT2D eigenvalue weighted by Crippen LogP contribution is 2.40. The van der Waals surface area contributed by atoms with Gasteiger partial charge in [-0.3, -0.25) is 9.59 Å². The maximum Gasteiger partial charge on any atom is 0.354 e. The van der Waals surface area contributed by atoms with Crippen molar-refractivity contribution in [2.24, 2.45) is 0 Å². The van der Waals surface area contributed by atoms with Crippen molar-refractivity contribution < 1.29 is 19.5 Å². The summed E-state index contributed by atoms with van der Waals surface area (Å²) in [5.74, 6) is -2.18. The van der Waals surface area contributed by atoms with E-state index < -0.39 is 17.8 Å². The van der Waals surface area contributed by atoms with E-state index in [2.05, 4.69) is 0 Å². The Morgan fingerprint density at radius 2 is 1.91 bits per heavy atom. The maximum absolute atomic E-state index is 13.5. The lowest BCUT2D eigenvalue weighted by Gasteiger charge is -2.26. The van der Waals surface area contributed by atoms with E-state index >= 15 is 0 Å². The number of carboxylic acid groups (broad SMARTS) is 1. The molecule has 1 N–H and O–H groups in total. The number of benzene rings is 2. The number of anilines is 1. The van der Waals surface area contributed by atoms with Crippen LogP contribution in [0.15, 0.2) is 53.9 Å². The van der Waals surface area contributed by atoms with Gasteiger partial charge in [0, 0.05) is 21.8 Å². The Labute approximate surface area is 192 Å². The summed E-state index contributed by atoms with van der Waals surface area (Å²) < 4.78 is 1.62. The number of amides is 2. The van der Waals surface area contributed by atoms with Crippen LogP contribution in [0.5, 0.6) is 0 Å². The number of halogens is 1. The summed E-state index contributed by atoms with van der Waals surface area (Å²) in [5.41, 5.74) is 2.66. The number of fused-ring (bicyclic) bond motifs is 2. The molecule has 2 amide bonds. The summed E-state index contributed by atoms with van der Waals surface area (Å²) in [5, 5.41) is 12.9. The van der Waals surface area contributed by atoms with Crippen LogP contribution in [0, 0.1) is 6.92 Å². The van der Waals surface area contributed by atoms with E-state index in [0.717, 1.165) is 16.0 Å². The fraction of sp³-hybridized carbons (Fsp3) is 0.125. The van der Waals surface area contributed by atoms with Crippen LogP contribution in [-0.4, -0.2) is 27.5 Å². The second kappa shape index (κ2) is 7.62. The predicted molar refractivity (Wildman–Crippen MR) is 124 cm³/mol. The highest BCUT2D eigenvalue weighted by atomic mass is 35.5. The van der Waals surface area contributed by atoms with E-state index in [1.165, 1.54) is 11.3 Å². The first-order valence-electron chi connectivity index (χ1n) is 9.90. The first-order chi connectivity index (χ1) is 15.4. The molecule has 32 heavy (non-hydrogen) atoms. The average molecular weight is 465 g/mol. The third-order valence-electron chi connectivity index (χ3n) is 5.64. The second-order valence-corrected chi connectivity index (χ2v) is 9.06. The first-order valence-corrected chi connectivity index (χ1v) is 11.2. The standard InChI is InChI=1S/C24H17ClN2O4S/c1-13-12-32-18-10-19(28)27(23(29)20(13)18)21-16-9-15(25)7-8-17(16)26(22(21)24(30)31)11-14-5-3-2-4-6-14/h2-9,12H,10-11H2,1H3,(H,30,31). The van der Waals surface area contributed by atoms with Gasteiger partial charge in [-0.15, -0.1) is 11.3 Å². The molecular weight excluding hydrogens is 448 g/mol. The number of hydrogen-bond donors (Lipinski definition) is 1. The molecule has 3 heterocycles. The number of thiophene rings is 1. The van der Waals surface area contributed by atoms with Crippen LogP contribution >= 0.6 is 22.9 Å². The Kier molecular flexibility index (Phi) is 4.87. The van der Waals surface area contributed by atoms with Crippen molar-refractivity contribution in [1.29, 1.82) is 0 Å². The molecule has 6 nitrogen and oxygen atoms in total. The lowest BCUT2D eigenvalue weighted by atomic mass is 10.0.